The van der Waals surface area contributed by atoms with Crippen molar-refractivity contribution in [2.75, 3.05) is 0 Å². The van der Waals surface area contributed by atoms with Gasteiger partial charge in [-0.3, -0.25) is 4.98 Å². The van der Waals surface area contributed by atoms with E-state index in [1.54, 1.807) is 6.20 Å². The third-order valence-corrected chi connectivity index (χ3v) is 4.29. The molecule has 3 nitrogen and oxygen atoms in total. The largest absolute Gasteiger partial charge is 0.490 e. The zero-order valence-corrected chi connectivity index (χ0v) is 12.9. The van der Waals surface area contributed by atoms with Crippen molar-refractivity contribution in [3.05, 3.63) is 48.2 Å². The van der Waals surface area contributed by atoms with Crippen LogP contribution in [0.2, 0.25) is 0 Å². The van der Waals surface area contributed by atoms with Crippen molar-refractivity contribution in [1.82, 2.24) is 4.98 Å². The highest BCUT2D eigenvalue weighted by Gasteiger charge is 2.14. The van der Waals surface area contributed by atoms with Crippen LogP contribution in [0.1, 0.15) is 44.1 Å². The Morgan fingerprint density at radius 3 is 2.41 bits per heavy atom. The average molecular weight is 297 g/mol. The molecule has 0 radical (unpaired) electrons. The summed E-state index contributed by atoms with van der Waals surface area (Å²) in [7, 11) is 0. The van der Waals surface area contributed by atoms with Gasteiger partial charge in [-0.25, -0.2) is 0 Å². The van der Waals surface area contributed by atoms with Gasteiger partial charge in [-0.15, -0.1) is 0 Å². The smallest absolute Gasteiger partial charge is 0.119 e. The van der Waals surface area contributed by atoms with Crippen LogP contribution in [0.4, 0.5) is 0 Å². The highest BCUT2D eigenvalue weighted by Crippen LogP contribution is 2.26. The SMILES string of the molecule is OCc1cccnc1-c1ccc(OC2CCCCCC2)cc1. The maximum absolute atomic E-state index is 9.41. The van der Waals surface area contributed by atoms with Crippen LogP contribution in [0, 0.1) is 0 Å². The molecule has 0 spiro atoms. The number of pyridine rings is 1. The number of aliphatic hydroxyl groups is 1. The van der Waals surface area contributed by atoms with Gasteiger partial charge in [0.15, 0.2) is 0 Å². The average Bonchev–Trinajstić information content (AvgIpc) is 2.84. The summed E-state index contributed by atoms with van der Waals surface area (Å²) in [5, 5.41) is 9.41. The molecule has 3 rings (SSSR count). The molecule has 22 heavy (non-hydrogen) atoms. The van der Waals surface area contributed by atoms with Crippen molar-refractivity contribution in [3.63, 3.8) is 0 Å². The zero-order chi connectivity index (χ0) is 15.2. The van der Waals surface area contributed by atoms with Gasteiger partial charge >= 0.3 is 0 Å². The van der Waals surface area contributed by atoms with Crippen molar-refractivity contribution in [3.8, 4) is 17.0 Å². The van der Waals surface area contributed by atoms with Gasteiger partial charge in [0.1, 0.15) is 5.75 Å². The number of hydrogen-bond acceptors (Lipinski definition) is 3. The molecule has 0 unspecified atom stereocenters. The van der Waals surface area contributed by atoms with E-state index in [2.05, 4.69) is 4.98 Å². The minimum absolute atomic E-state index is 0.00347. The number of rotatable bonds is 4. The van der Waals surface area contributed by atoms with Crippen LogP contribution in [-0.4, -0.2) is 16.2 Å². The summed E-state index contributed by atoms with van der Waals surface area (Å²) in [5.41, 5.74) is 2.70. The van der Waals surface area contributed by atoms with Gasteiger partial charge in [0.05, 0.1) is 18.4 Å². The first kappa shape index (κ1) is 15.0. The van der Waals surface area contributed by atoms with E-state index in [4.69, 9.17) is 4.74 Å². The van der Waals surface area contributed by atoms with Crippen LogP contribution in [0.3, 0.4) is 0 Å². The first-order valence-corrected chi connectivity index (χ1v) is 8.18. The highest BCUT2D eigenvalue weighted by molar-refractivity contribution is 5.63. The third kappa shape index (κ3) is 3.66. The third-order valence-electron chi connectivity index (χ3n) is 4.29. The van der Waals surface area contributed by atoms with E-state index in [-0.39, 0.29) is 6.61 Å². The lowest BCUT2D eigenvalue weighted by atomic mass is 10.1. The van der Waals surface area contributed by atoms with E-state index in [1.165, 1.54) is 25.7 Å². The number of benzene rings is 1. The Morgan fingerprint density at radius 2 is 1.73 bits per heavy atom. The lowest BCUT2D eigenvalue weighted by molar-refractivity contribution is 0.184. The van der Waals surface area contributed by atoms with Gasteiger partial charge in [-0.05, 0) is 56.0 Å². The van der Waals surface area contributed by atoms with E-state index in [0.29, 0.717) is 6.10 Å². The van der Waals surface area contributed by atoms with E-state index in [0.717, 1.165) is 35.4 Å². The molecule has 0 atom stereocenters. The molecule has 1 aromatic carbocycles. The molecule has 1 aromatic heterocycles. The van der Waals surface area contributed by atoms with Crippen LogP contribution in [0.15, 0.2) is 42.6 Å². The summed E-state index contributed by atoms with van der Waals surface area (Å²) >= 11 is 0. The highest BCUT2D eigenvalue weighted by atomic mass is 16.5. The van der Waals surface area contributed by atoms with Gasteiger partial charge in [0, 0.05) is 17.3 Å². The second-order valence-corrected chi connectivity index (χ2v) is 5.93. The van der Waals surface area contributed by atoms with Gasteiger partial charge in [0.25, 0.3) is 0 Å². The van der Waals surface area contributed by atoms with E-state index in [1.807, 2.05) is 36.4 Å². The zero-order valence-electron chi connectivity index (χ0n) is 12.9. The maximum Gasteiger partial charge on any atom is 0.119 e. The molecule has 116 valence electrons. The predicted octanol–water partition coefficient (Wildman–Crippen LogP) is 4.34. The van der Waals surface area contributed by atoms with Crippen LogP contribution in [0.5, 0.6) is 5.75 Å². The van der Waals surface area contributed by atoms with E-state index in [9.17, 15) is 5.11 Å². The van der Waals surface area contributed by atoms with Crippen molar-refractivity contribution in [1.29, 1.82) is 0 Å². The Balaban J connectivity index is 1.72. The van der Waals surface area contributed by atoms with Gasteiger partial charge < -0.3 is 9.84 Å². The van der Waals surface area contributed by atoms with Crippen LogP contribution < -0.4 is 4.74 Å². The fourth-order valence-electron chi connectivity index (χ4n) is 3.07. The minimum atomic E-state index is 0.00347. The van der Waals surface area contributed by atoms with Gasteiger partial charge in [-0.1, -0.05) is 18.9 Å². The quantitative estimate of drug-likeness (QED) is 0.853. The van der Waals surface area contributed by atoms with Crippen molar-refractivity contribution in [2.45, 2.75) is 51.2 Å². The van der Waals surface area contributed by atoms with Crippen LogP contribution >= 0.6 is 0 Å². The standard InChI is InChI=1S/C19H23NO2/c21-14-16-6-5-13-20-19(16)15-9-11-18(12-10-15)22-17-7-3-1-2-4-8-17/h5-6,9-13,17,21H,1-4,7-8,14H2. The summed E-state index contributed by atoms with van der Waals surface area (Å²) in [5.74, 6) is 0.928. The summed E-state index contributed by atoms with van der Waals surface area (Å²) in [4.78, 5) is 4.38. The first-order valence-electron chi connectivity index (χ1n) is 8.18. The predicted molar refractivity (Wildman–Crippen MR) is 87.7 cm³/mol. The summed E-state index contributed by atoms with van der Waals surface area (Å²) < 4.78 is 6.11. The van der Waals surface area contributed by atoms with Gasteiger partial charge in [-0.2, -0.15) is 0 Å². The Hall–Kier alpha value is -1.87. The maximum atomic E-state index is 9.41. The Bertz CT molecular complexity index is 587. The molecule has 0 amide bonds. The number of ether oxygens (including phenoxy) is 1. The number of hydrogen-bond donors (Lipinski definition) is 1. The molecule has 1 aliphatic carbocycles. The summed E-state index contributed by atoms with van der Waals surface area (Å²) in [6, 6.07) is 11.8. The fraction of sp³-hybridized carbons (Fsp3) is 0.421. The molecule has 1 fully saturated rings. The van der Waals surface area contributed by atoms with Crippen molar-refractivity contribution in [2.24, 2.45) is 0 Å². The molecular formula is C19H23NO2. The first-order chi connectivity index (χ1) is 10.9. The summed E-state index contributed by atoms with van der Waals surface area (Å²) in [6.45, 7) is 0.00347. The lowest BCUT2D eigenvalue weighted by Crippen LogP contribution is -2.14. The number of aliphatic hydroxyl groups excluding tert-OH is 1. The number of aromatic nitrogens is 1. The molecular weight excluding hydrogens is 274 g/mol. The molecule has 3 heteroatoms. The Labute approximate surface area is 132 Å². The van der Waals surface area contributed by atoms with E-state index < -0.39 is 0 Å². The van der Waals surface area contributed by atoms with Gasteiger partial charge in [0.2, 0.25) is 0 Å². The van der Waals surface area contributed by atoms with Crippen molar-refractivity contribution < 1.29 is 9.84 Å². The summed E-state index contributed by atoms with van der Waals surface area (Å²) in [6.07, 6.45) is 9.66. The minimum Gasteiger partial charge on any atom is -0.490 e. The monoisotopic (exact) mass is 297 g/mol. The van der Waals surface area contributed by atoms with Crippen molar-refractivity contribution >= 4 is 0 Å². The van der Waals surface area contributed by atoms with Crippen LogP contribution in [-0.2, 0) is 6.61 Å². The molecule has 1 aliphatic rings. The Morgan fingerprint density at radius 1 is 1.00 bits per heavy atom. The van der Waals surface area contributed by atoms with Crippen LogP contribution in [0.25, 0.3) is 11.3 Å². The normalized spacial score (nSPS) is 16.2. The van der Waals surface area contributed by atoms with E-state index >= 15 is 0 Å². The number of nitrogens with zero attached hydrogens (tertiary/aromatic N) is 1. The fourth-order valence-corrected chi connectivity index (χ4v) is 3.07. The lowest BCUT2D eigenvalue weighted by Gasteiger charge is -2.17. The molecule has 1 heterocycles. The molecule has 1 N–H and O–H groups in total. The molecule has 0 saturated heterocycles. The molecule has 0 aliphatic heterocycles. The second-order valence-electron chi connectivity index (χ2n) is 5.93. The molecule has 0 bridgehead atoms. The second kappa shape index (κ2) is 7.41. The Kier molecular flexibility index (Phi) is 5.07. The molecule has 2 aromatic rings. The molecule has 1 saturated carbocycles. The topological polar surface area (TPSA) is 42.4 Å².